The Morgan fingerprint density at radius 3 is 2.80 bits per heavy atom. The van der Waals surface area contributed by atoms with E-state index in [0.29, 0.717) is 21.0 Å². The fraction of sp³-hybridized carbons (Fsp3) is 0.154. The van der Waals surface area contributed by atoms with Crippen LogP contribution in [0.15, 0.2) is 29.2 Å². The van der Waals surface area contributed by atoms with Gasteiger partial charge in [0.15, 0.2) is 9.84 Å². The molecule has 4 nitrogen and oxygen atoms in total. The summed E-state index contributed by atoms with van der Waals surface area (Å²) in [5, 5.41) is 0.458. The van der Waals surface area contributed by atoms with E-state index in [1.807, 2.05) is 0 Å². The van der Waals surface area contributed by atoms with E-state index in [-0.39, 0.29) is 10.6 Å². The van der Waals surface area contributed by atoms with Crippen LogP contribution in [0.5, 0.6) is 0 Å². The lowest BCUT2D eigenvalue weighted by atomic mass is 10.1. The van der Waals surface area contributed by atoms with Gasteiger partial charge in [-0.1, -0.05) is 11.6 Å². The number of methoxy groups -OCH3 is 1. The molecule has 7 heteroatoms. The Morgan fingerprint density at radius 2 is 2.10 bits per heavy atom. The van der Waals surface area contributed by atoms with Crippen LogP contribution in [0.25, 0.3) is 10.4 Å². The molecule has 2 heterocycles. The van der Waals surface area contributed by atoms with E-state index < -0.39 is 15.8 Å². The molecule has 1 aliphatic heterocycles. The van der Waals surface area contributed by atoms with E-state index in [4.69, 9.17) is 11.6 Å². The SMILES string of the molecule is COC(=O)c1cc2c(s1)-c1cc(Cl)ccc1S(=O)(=O)C2. The van der Waals surface area contributed by atoms with Gasteiger partial charge in [0, 0.05) is 15.5 Å². The molecule has 0 unspecified atom stereocenters. The summed E-state index contributed by atoms with van der Waals surface area (Å²) in [4.78, 5) is 13.0. The molecular weight excluding hydrogens is 320 g/mol. The third kappa shape index (κ3) is 2.04. The second-order valence-electron chi connectivity index (χ2n) is 4.36. The largest absolute Gasteiger partial charge is 0.465 e. The number of halogens is 1. The summed E-state index contributed by atoms with van der Waals surface area (Å²) >= 11 is 7.17. The van der Waals surface area contributed by atoms with Crippen LogP contribution in [0.2, 0.25) is 5.02 Å². The fourth-order valence-electron chi connectivity index (χ4n) is 2.20. The number of sulfone groups is 1. The van der Waals surface area contributed by atoms with Crippen LogP contribution in [-0.2, 0) is 20.3 Å². The molecule has 1 aliphatic rings. The molecule has 0 N–H and O–H groups in total. The summed E-state index contributed by atoms with van der Waals surface area (Å²) in [6.45, 7) is 0. The van der Waals surface area contributed by atoms with E-state index >= 15 is 0 Å². The number of esters is 1. The fourth-order valence-corrected chi connectivity index (χ4v) is 5.22. The van der Waals surface area contributed by atoms with Crippen molar-refractivity contribution in [2.45, 2.75) is 10.6 Å². The third-order valence-electron chi connectivity index (χ3n) is 3.06. The molecule has 0 saturated carbocycles. The highest BCUT2D eigenvalue weighted by molar-refractivity contribution is 7.91. The van der Waals surface area contributed by atoms with Crippen LogP contribution in [0.4, 0.5) is 0 Å². The number of fused-ring (bicyclic) bond motifs is 3. The van der Waals surface area contributed by atoms with Crippen LogP contribution in [0.3, 0.4) is 0 Å². The number of rotatable bonds is 1. The summed E-state index contributed by atoms with van der Waals surface area (Å²) in [5.74, 6) is -0.574. The molecule has 2 aromatic rings. The minimum Gasteiger partial charge on any atom is -0.465 e. The Balaban J connectivity index is 2.28. The molecule has 20 heavy (non-hydrogen) atoms. The quantitative estimate of drug-likeness (QED) is 0.754. The van der Waals surface area contributed by atoms with Crippen molar-refractivity contribution in [3.63, 3.8) is 0 Å². The lowest BCUT2D eigenvalue weighted by Crippen LogP contribution is -2.11. The molecule has 1 aromatic heterocycles. The lowest BCUT2D eigenvalue weighted by molar-refractivity contribution is 0.0606. The monoisotopic (exact) mass is 328 g/mol. The molecule has 3 rings (SSSR count). The first-order valence-corrected chi connectivity index (χ1v) is 8.51. The zero-order valence-corrected chi connectivity index (χ0v) is 12.7. The highest BCUT2D eigenvalue weighted by Crippen LogP contribution is 2.43. The Bertz CT molecular complexity index is 821. The predicted molar refractivity (Wildman–Crippen MR) is 77.0 cm³/mol. The molecule has 0 bridgehead atoms. The van der Waals surface area contributed by atoms with Gasteiger partial charge in [-0.05, 0) is 29.8 Å². The highest BCUT2D eigenvalue weighted by atomic mass is 35.5. The van der Waals surface area contributed by atoms with Crippen molar-refractivity contribution in [3.8, 4) is 10.4 Å². The van der Waals surface area contributed by atoms with Crippen molar-refractivity contribution in [1.82, 2.24) is 0 Å². The number of thiophene rings is 1. The number of carbonyl (C=O) groups is 1. The number of carbonyl (C=O) groups excluding carboxylic acids is 1. The van der Waals surface area contributed by atoms with E-state index in [0.717, 1.165) is 4.88 Å². The number of hydrogen-bond acceptors (Lipinski definition) is 5. The summed E-state index contributed by atoms with van der Waals surface area (Å²) in [5.41, 5.74) is 1.17. The van der Waals surface area contributed by atoms with Crippen molar-refractivity contribution in [2.24, 2.45) is 0 Å². The Labute approximate surface area is 124 Å². The molecule has 0 spiro atoms. The van der Waals surface area contributed by atoms with Gasteiger partial charge in [-0.3, -0.25) is 0 Å². The van der Waals surface area contributed by atoms with Crippen molar-refractivity contribution in [3.05, 3.63) is 39.7 Å². The average molecular weight is 329 g/mol. The van der Waals surface area contributed by atoms with Crippen molar-refractivity contribution in [1.29, 1.82) is 0 Å². The average Bonchev–Trinajstić information content (AvgIpc) is 2.80. The molecular formula is C13H9ClO4S2. The van der Waals surface area contributed by atoms with E-state index in [9.17, 15) is 13.2 Å². The molecule has 104 valence electrons. The smallest absolute Gasteiger partial charge is 0.348 e. The van der Waals surface area contributed by atoms with Gasteiger partial charge in [0.2, 0.25) is 0 Å². The summed E-state index contributed by atoms with van der Waals surface area (Å²) in [7, 11) is -2.10. The van der Waals surface area contributed by atoms with E-state index in [1.165, 1.54) is 24.5 Å². The Kier molecular flexibility index (Phi) is 3.12. The zero-order valence-electron chi connectivity index (χ0n) is 10.3. The standard InChI is InChI=1S/C13H9ClO4S2/c1-18-13(15)10-4-7-6-20(16,17)11-3-2-8(14)5-9(11)12(7)19-10/h2-5H,6H2,1H3. The summed E-state index contributed by atoms with van der Waals surface area (Å²) < 4.78 is 29.2. The first-order valence-electron chi connectivity index (χ1n) is 5.66. The second kappa shape index (κ2) is 4.58. The topological polar surface area (TPSA) is 60.4 Å². The Hall–Kier alpha value is -1.37. The predicted octanol–water partition coefficient (Wildman–Crippen LogP) is 3.14. The Morgan fingerprint density at radius 1 is 1.35 bits per heavy atom. The minimum atomic E-state index is -3.40. The molecule has 0 radical (unpaired) electrons. The van der Waals surface area contributed by atoms with Gasteiger partial charge in [0.05, 0.1) is 17.8 Å². The van der Waals surface area contributed by atoms with Crippen LogP contribution >= 0.6 is 22.9 Å². The zero-order chi connectivity index (χ0) is 14.5. The van der Waals surface area contributed by atoms with Crippen LogP contribution in [0, 0.1) is 0 Å². The maximum atomic E-state index is 12.2. The van der Waals surface area contributed by atoms with Gasteiger partial charge in [-0.15, -0.1) is 11.3 Å². The molecule has 1 aromatic carbocycles. The minimum absolute atomic E-state index is 0.107. The van der Waals surface area contributed by atoms with Gasteiger partial charge >= 0.3 is 5.97 Å². The van der Waals surface area contributed by atoms with Gasteiger partial charge in [-0.2, -0.15) is 0 Å². The van der Waals surface area contributed by atoms with Gasteiger partial charge in [-0.25, -0.2) is 13.2 Å². The molecule has 0 aliphatic carbocycles. The first-order chi connectivity index (χ1) is 9.42. The van der Waals surface area contributed by atoms with Crippen molar-refractivity contribution in [2.75, 3.05) is 7.11 Å². The van der Waals surface area contributed by atoms with Gasteiger partial charge in [0.25, 0.3) is 0 Å². The molecule has 0 amide bonds. The molecule has 0 saturated heterocycles. The second-order valence-corrected chi connectivity index (χ2v) is 7.80. The number of ether oxygens (including phenoxy) is 1. The molecule has 0 fully saturated rings. The third-order valence-corrected chi connectivity index (χ3v) is 6.21. The van der Waals surface area contributed by atoms with E-state index in [1.54, 1.807) is 18.2 Å². The lowest BCUT2D eigenvalue weighted by Gasteiger charge is -2.16. The number of benzene rings is 1. The van der Waals surface area contributed by atoms with E-state index in [2.05, 4.69) is 4.74 Å². The molecule has 0 atom stereocenters. The maximum absolute atomic E-state index is 12.2. The van der Waals surface area contributed by atoms with Crippen LogP contribution in [0.1, 0.15) is 15.2 Å². The van der Waals surface area contributed by atoms with Crippen molar-refractivity contribution >= 4 is 38.7 Å². The highest BCUT2D eigenvalue weighted by Gasteiger charge is 2.31. The van der Waals surface area contributed by atoms with Gasteiger partial charge < -0.3 is 4.74 Å². The van der Waals surface area contributed by atoms with Crippen molar-refractivity contribution < 1.29 is 17.9 Å². The van der Waals surface area contributed by atoms with Gasteiger partial charge in [0.1, 0.15) is 4.88 Å². The number of hydrogen-bond donors (Lipinski definition) is 0. The van der Waals surface area contributed by atoms with Crippen LogP contribution in [-0.4, -0.2) is 21.5 Å². The normalized spacial score (nSPS) is 15.3. The van der Waals surface area contributed by atoms with Crippen LogP contribution < -0.4 is 0 Å². The summed E-state index contributed by atoms with van der Waals surface area (Å²) in [6, 6.07) is 6.25. The maximum Gasteiger partial charge on any atom is 0.348 e. The first kappa shape index (κ1) is 13.6. The summed E-state index contributed by atoms with van der Waals surface area (Å²) in [6.07, 6.45) is 0.